The van der Waals surface area contributed by atoms with E-state index in [0.29, 0.717) is 18.8 Å². The van der Waals surface area contributed by atoms with E-state index < -0.39 is 12.5 Å². The van der Waals surface area contributed by atoms with Gasteiger partial charge in [0.15, 0.2) is 0 Å². The van der Waals surface area contributed by atoms with E-state index in [4.69, 9.17) is 0 Å². The second-order valence-electron chi connectivity index (χ2n) is 11.3. The second-order valence-corrected chi connectivity index (χ2v) is 11.3. The molecule has 1 nitrogen and oxygen atoms in total. The molecule has 174 valence electrons. The van der Waals surface area contributed by atoms with Crippen LogP contribution in [0, 0.1) is 41.4 Å². The van der Waals surface area contributed by atoms with Crippen molar-refractivity contribution in [3.8, 4) is 0 Å². The highest BCUT2D eigenvalue weighted by atomic mass is 19.4. The highest BCUT2D eigenvalue weighted by Crippen LogP contribution is 2.51. The van der Waals surface area contributed by atoms with Gasteiger partial charge in [-0.05, 0) is 118 Å². The van der Waals surface area contributed by atoms with Crippen molar-refractivity contribution in [1.29, 1.82) is 0 Å². The summed E-state index contributed by atoms with van der Waals surface area (Å²) in [6.45, 7) is 2.33. The molecule has 4 heteroatoms. The molecular weight excluding hydrogens is 385 g/mol. The van der Waals surface area contributed by atoms with E-state index in [0.717, 1.165) is 48.3 Å². The maximum Gasteiger partial charge on any atom is 0.522 e. The van der Waals surface area contributed by atoms with Crippen LogP contribution in [0.15, 0.2) is 0 Å². The first-order chi connectivity index (χ1) is 14.4. The van der Waals surface area contributed by atoms with Crippen LogP contribution in [0.4, 0.5) is 13.2 Å². The highest BCUT2D eigenvalue weighted by molar-refractivity contribution is 4.91. The molecule has 4 aliphatic carbocycles. The topological polar surface area (TPSA) is 9.23 Å². The average molecular weight is 429 g/mol. The van der Waals surface area contributed by atoms with Gasteiger partial charge >= 0.3 is 6.36 Å². The van der Waals surface area contributed by atoms with Gasteiger partial charge in [0.05, 0.1) is 6.10 Å². The summed E-state index contributed by atoms with van der Waals surface area (Å²) in [4.78, 5) is 0. The molecule has 0 aromatic heterocycles. The van der Waals surface area contributed by atoms with Crippen LogP contribution >= 0.6 is 0 Å². The lowest BCUT2D eigenvalue weighted by atomic mass is 9.59. The fourth-order valence-corrected chi connectivity index (χ4v) is 8.04. The number of hydrogen-bond acceptors (Lipinski definition) is 1. The molecule has 4 rings (SSSR count). The minimum absolute atomic E-state index is 0.595. The first kappa shape index (κ1) is 22.9. The summed E-state index contributed by atoms with van der Waals surface area (Å²) < 4.78 is 41.7. The largest absolute Gasteiger partial charge is 0.522 e. The van der Waals surface area contributed by atoms with Gasteiger partial charge in [0, 0.05) is 0 Å². The monoisotopic (exact) mass is 428 g/mol. The van der Waals surface area contributed by atoms with Crippen molar-refractivity contribution >= 4 is 0 Å². The van der Waals surface area contributed by atoms with Gasteiger partial charge in [-0.2, -0.15) is 0 Å². The van der Waals surface area contributed by atoms with Gasteiger partial charge in [-0.15, -0.1) is 13.2 Å². The van der Waals surface area contributed by atoms with Crippen LogP contribution in [0.5, 0.6) is 0 Å². The van der Waals surface area contributed by atoms with Crippen LogP contribution < -0.4 is 0 Å². The normalized spacial score (nSPS) is 43.2. The van der Waals surface area contributed by atoms with E-state index in [2.05, 4.69) is 11.7 Å². The summed E-state index contributed by atoms with van der Waals surface area (Å²) in [6, 6.07) is 0. The van der Waals surface area contributed by atoms with Gasteiger partial charge < -0.3 is 0 Å². The Balaban J connectivity index is 1.20. The highest BCUT2D eigenvalue weighted by Gasteiger charge is 2.42. The third kappa shape index (κ3) is 5.95. The molecule has 4 aliphatic rings. The molecule has 0 N–H and O–H groups in total. The smallest absolute Gasteiger partial charge is 0.289 e. The van der Waals surface area contributed by atoms with Crippen molar-refractivity contribution < 1.29 is 17.9 Å². The first-order valence-electron chi connectivity index (χ1n) is 13.2. The summed E-state index contributed by atoms with van der Waals surface area (Å²) in [7, 11) is 0. The fourth-order valence-electron chi connectivity index (χ4n) is 8.04. The third-order valence-electron chi connectivity index (χ3n) is 9.63. The van der Waals surface area contributed by atoms with Crippen molar-refractivity contribution in [3.63, 3.8) is 0 Å². The molecule has 0 bridgehead atoms. The van der Waals surface area contributed by atoms with Crippen molar-refractivity contribution in [2.75, 3.05) is 0 Å². The molecule has 0 heterocycles. The number of halogens is 3. The lowest BCUT2D eigenvalue weighted by molar-refractivity contribution is -0.346. The predicted octanol–water partition coefficient (Wildman–Crippen LogP) is 8.52. The zero-order chi connectivity index (χ0) is 21.1. The van der Waals surface area contributed by atoms with Crippen molar-refractivity contribution in [1.82, 2.24) is 0 Å². The van der Waals surface area contributed by atoms with Crippen LogP contribution in [0.2, 0.25) is 0 Å². The third-order valence-corrected chi connectivity index (χ3v) is 9.63. The summed E-state index contributed by atoms with van der Waals surface area (Å²) >= 11 is 0. The van der Waals surface area contributed by atoms with E-state index in [1.54, 1.807) is 0 Å². The fraction of sp³-hybridized carbons (Fsp3) is 1.00. The van der Waals surface area contributed by atoms with Crippen LogP contribution in [-0.2, 0) is 4.74 Å². The second kappa shape index (κ2) is 10.1. The van der Waals surface area contributed by atoms with E-state index in [1.165, 1.54) is 77.0 Å². The average Bonchev–Trinajstić information content (AvgIpc) is 2.73. The Morgan fingerprint density at radius 1 is 0.600 bits per heavy atom. The predicted molar refractivity (Wildman–Crippen MR) is 115 cm³/mol. The molecule has 4 unspecified atom stereocenters. The molecule has 30 heavy (non-hydrogen) atoms. The molecule has 0 aromatic rings. The van der Waals surface area contributed by atoms with Gasteiger partial charge in [0.25, 0.3) is 0 Å². The minimum atomic E-state index is -4.47. The molecule has 0 aliphatic heterocycles. The van der Waals surface area contributed by atoms with E-state index in [1.807, 2.05) is 0 Å². The zero-order valence-corrected chi connectivity index (χ0v) is 19.0. The molecule has 0 saturated heterocycles. The maximum atomic E-state index is 12.5. The SMILES string of the molecule is CCCC1CCC(C2CCC3CC(C4CCC(OC(F)(F)F)CC4)CCC3C2)CC1. The molecule has 0 amide bonds. The van der Waals surface area contributed by atoms with Crippen LogP contribution in [0.3, 0.4) is 0 Å². The Morgan fingerprint density at radius 3 is 1.43 bits per heavy atom. The number of hydrogen-bond donors (Lipinski definition) is 0. The van der Waals surface area contributed by atoms with Crippen molar-refractivity contribution in [3.05, 3.63) is 0 Å². The molecule has 0 spiro atoms. The molecular formula is C26H43F3O. The van der Waals surface area contributed by atoms with Gasteiger partial charge in [-0.3, -0.25) is 4.74 Å². The van der Waals surface area contributed by atoms with Crippen molar-refractivity contribution in [2.45, 2.75) is 122 Å². The molecule has 4 atom stereocenters. The van der Waals surface area contributed by atoms with Crippen LogP contribution in [0.25, 0.3) is 0 Å². The van der Waals surface area contributed by atoms with Gasteiger partial charge in [-0.25, -0.2) is 0 Å². The zero-order valence-electron chi connectivity index (χ0n) is 19.0. The Bertz CT molecular complexity index is 517. The van der Waals surface area contributed by atoms with Crippen molar-refractivity contribution in [2.24, 2.45) is 41.4 Å². The molecule has 4 fully saturated rings. The van der Waals surface area contributed by atoms with E-state index >= 15 is 0 Å². The Labute approximate surface area is 181 Å². The van der Waals surface area contributed by atoms with Gasteiger partial charge in [0.2, 0.25) is 0 Å². The van der Waals surface area contributed by atoms with Crippen LogP contribution in [0.1, 0.15) is 110 Å². The maximum absolute atomic E-state index is 12.5. The molecule has 0 aromatic carbocycles. The summed E-state index contributed by atoms with van der Waals surface area (Å²) in [5.74, 6) is 6.25. The van der Waals surface area contributed by atoms with E-state index in [9.17, 15) is 13.2 Å². The number of ether oxygens (including phenoxy) is 1. The van der Waals surface area contributed by atoms with E-state index in [-0.39, 0.29) is 0 Å². The quantitative estimate of drug-likeness (QED) is 0.426. The number of fused-ring (bicyclic) bond motifs is 1. The summed E-state index contributed by atoms with van der Waals surface area (Å²) in [5, 5.41) is 0. The lowest BCUT2D eigenvalue weighted by Gasteiger charge is -2.47. The molecule has 4 saturated carbocycles. The van der Waals surface area contributed by atoms with Gasteiger partial charge in [-0.1, -0.05) is 32.6 Å². The summed E-state index contributed by atoms with van der Waals surface area (Å²) in [6.07, 6.45) is 15.1. The lowest BCUT2D eigenvalue weighted by Crippen LogP contribution is -2.37. The first-order valence-corrected chi connectivity index (χ1v) is 13.2. The minimum Gasteiger partial charge on any atom is -0.289 e. The number of alkyl halides is 3. The summed E-state index contributed by atoms with van der Waals surface area (Å²) in [5.41, 5.74) is 0. The standard InChI is InChI=1S/C26H43F3O/c1-2-3-18-4-6-19(7-5-18)21-8-10-24-17-22(9-11-23(24)16-21)20-12-14-25(15-13-20)30-26(27,28)29/h18-25H,2-17H2,1H3. The Kier molecular flexibility index (Phi) is 7.74. The molecule has 0 radical (unpaired) electrons. The van der Waals surface area contributed by atoms with Gasteiger partial charge in [0.1, 0.15) is 0 Å². The number of rotatable bonds is 5. The Morgan fingerprint density at radius 2 is 1.00 bits per heavy atom. The Hall–Kier alpha value is -0.250. The van der Waals surface area contributed by atoms with Crippen LogP contribution in [-0.4, -0.2) is 12.5 Å².